The lowest BCUT2D eigenvalue weighted by atomic mass is 10.0. The summed E-state index contributed by atoms with van der Waals surface area (Å²) in [7, 11) is 3.44. The van der Waals surface area contributed by atoms with Crippen LogP contribution in [0.5, 0.6) is 11.5 Å². The van der Waals surface area contributed by atoms with Gasteiger partial charge in [0.15, 0.2) is 0 Å². The highest BCUT2D eigenvalue weighted by Crippen LogP contribution is 2.30. The minimum absolute atomic E-state index is 0.620. The van der Waals surface area contributed by atoms with Gasteiger partial charge in [-0.1, -0.05) is 26.2 Å². The van der Waals surface area contributed by atoms with E-state index in [1.807, 2.05) is 0 Å². The van der Waals surface area contributed by atoms with Crippen LogP contribution in [0.4, 0.5) is 0 Å². The van der Waals surface area contributed by atoms with Crippen molar-refractivity contribution >= 4 is 0 Å². The zero-order valence-corrected chi connectivity index (χ0v) is 12.5. The third-order valence-electron chi connectivity index (χ3n) is 3.40. The van der Waals surface area contributed by atoms with Crippen LogP contribution in [0.2, 0.25) is 0 Å². The van der Waals surface area contributed by atoms with Gasteiger partial charge in [-0.05, 0) is 49.1 Å². The molecule has 0 aliphatic rings. The first kappa shape index (κ1) is 15.8. The van der Waals surface area contributed by atoms with E-state index in [2.05, 4.69) is 19.1 Å². The number of rotatable bonds is 9. The molecule has 0 saturated heterocycles. The maximum absolute atomic E-state index is 5.63. The molecule has 1 aromatic rings. The average molecular weight is 265 g/mol. The van der Waals surface area contributed by atoms with Crippen molar-refractivity contribution < 1.29 is 9.47 Å². The van der Waals surface area contributed by atoms with Gasteiger partial charge in [-0.25, -0.2) is 0 Å². The molecule has 0 atom stereocenters. The molecule has 0 amide bonds. The number of aryl methyl sites for hydroxylation is 1. The lowest BCUT2D eigenvalue weighted by Crippen LogP contribution is -2.05. The van der Waals surface area contributed by atoms with Crippen molar-refractivity contribution in [2.24, 2.45) is 5.73 Å². The molecule has 2 N–H and O–H groups in total. The number of ether oxygens (including phenoxy) is 2. The van der Waals surface area contributed by atoms with Crippen LogP contribution in [0.15, 0.2) is 12.1 Å². The molecular weight excluding hydrogens is 238 g/mol. The monoisotopic (exact) mass is 265 g/mol. The summed E-state index contributed by atoms with van der Waals surface area (Å²) in [4.78, 5) is 0. The summed E-state index contributed by atoms with van der Waals surface area (Å²) in [5.74, 6) is 1.89. The third kappa shape index (κ3) is 4.75. The molecule has 3 heteroatoms. The van der Waals surface area contributed by atoms with Crippen LogP contribution in [-0.4, -0.2) is 20.8 Å². The number of hydrogen-bond acceptors (Lipinski definition) is 3. The summed E-state index contributed by atoms with van der Waals surface area (Å²) in [5.41, 5.74) is 7.99. The fraction of sp³-hybridized carbons (Fsp3) is 0.625. The number of methoxy groups -OCH3 is 2. The molecule has 108 valence electrons. The smallest absolute Gasteiger partial charge is 0.122 e. The van der Waals surface area contributed by atoms with Gasteiger partial charge < -0.3 is 15.2 Å². The van der Waals surface area contributed by atoms with Crippen molar-refractivity contribution in [2.45, 2.75) is 45.4 Å². The van der Waals surface area contributed by atoms with Crippen molar-refractivity contribution in [3.63, 3.8) is 0 Å². The Hall–Kier alpha value is -1.22. The van der Waals surface area contributed by atoms with Gasteiger partial charge >= 0.3 is 0 Å². The molecule has 0 heterocycles. The van der Waals surface area contributed by atoms with E-state index >= 15 is 0 Å². The Kier molecular flexibility index (Phi) is 7.34. The van der Waals surface area contributed by atoms with Crippen LogP contribution in [0, 0.1) is 0 Å². The third-order valence-corrected chi connectivity index (χ3v) is 3.40. The van der Waals surface area contributed by atoms with Gasteiger partial charge in [-0.3, -0.25) is 0 Å². The Morgan fingerprint density at radius 1 is 0.895 bits per heavy atom. The van der Waals surface area contributed by atoms with E-state index < -0.39 is 0 Å². The van der Waals surface area contributed by atoms with Crippen molar-refractivity contribution in [3.8, 4) is 11.5 Å². The standard InChI is InChI=1S/C16H27NO2/c1-4-5-6-7-8-13-11-16(19-3)14(9-10-17)12-15(13)18-2/h11-12H,4-10,17H2,1-3H3. The Morgan fingerprint density at radius 3 is 1.95 bits per heavy atom. The van der Waals surface area contributed by atoms with Gasteiger partial charge in [0.2, 0.25) is 0 Å². The van der Waals surface area contributed by atoms with E-state index in [-0.39, 0.29) is 0 Å². The largest absolute Gasteiger partial charge is 0.496 e. The minimum Gasteiger partial charge on any atom is -0.496 e. The van der Waals surface area contributed by atoms with Gasteiger partial charge in [0, 0.05) is 0 Å². The molecule has 0 fully saturated rings. The zero-order valence-electron chi connectivity index (χ0n) is 12.5. The molecule has 0 radical (unpaired) electrons. The van der Waals surface area contributed by atoms with Crippen molar-refractivity contribution in [1.29, 1.82) is 0 Å². The summed E-state index contributed by atoms with van der Waals surface area (Å²) < 4.78 is 10.9. The summed E-state index contributed by atoms with van der Waals surface area (Å²) >= 11 is 0. The molecule has 0 bridgehead atoms. The Bertz CT molecular complexity index is 377. The normalized spacial score (nSPS) is 10.5. The van der Waals surface area contributed by atoms with Crippen LogP contribution in [0.3, 0.4) is 0 Å². The number of benzene rings is 1. The van der Waals surface area contributed by atoms with Crippen LogP contribution >= 0.6 is 0 Å². The summed E-state index contributed by atoms with van der Waals surface area (Å²) in [6.45, 7) is 2.85. The zero-order chi connectivity index (χ0) is 14.1. The van der Waals surface area contributed by atoms with Gasteiger partial charge in [-0.2, -0.15) is 0 Å². The van der Waals surface area contributed by atoms with E-state index in [0.717, 1.165) is 29.9 Å². The Labute approximate surface area is 117 Å². The van der Waals surface area contributed by atoms with Crippen LogP contribution in [-0.2, 0) is 12.8 Å². The summed E-state index contributed by atoms with van der Waals surface area (Å²) in [6.07, 6.45) is 6.88. The van der Waals surface area contributed by atoms with E-state index in [9.17, 15) is 0 Å². The van der Waals surface area contributed by atoms with Gasteiger partial charge in [0.05, 0.1) is 14.2 Å². The maximum Gasteiger partial charge on any atom is 0.122 e. The van der Waals surface area contributed by atoms with Crippen molar-refractivity contribution in [1.82, 2.24) is 0 Å². The minimum atomic E-state index is 0.620. The van der Waals surface area contributed by atoms with E-state index in [4.69, 9.17) is 15.2 Å². The van der Waals surface area contributed by atoms with Crippen LogP contribution in [0.1, 0.15) is 43.7 Å². The fourth-order valence-corrected chi connectivity index (χ4v) is 2.31. The van der Waals surface area contributed by atoms with Gasteiger partial charge in [0.1, 0.15) is 11.5 Å². The van der Waals surface area contributed by atoms with E-state index in [1.165, 1.54) is 31.2 Å². The highest BCUT2D eigenvalue weighted by molar-refractivity contribution is 5.46. The first-order valence-corrected chi connectivity index (χ1v) is 7.20. The molecule has 0 spiro atoms. The van der Waals surface area contributed by atoms with Gasteiger partial charge in [-0.15, -0.1) is 0 Å². The van der Waals surface area contributed by atoms with Gasteiger partial charge in [0.25, 0.3) is 0 Å². The molecule has 3 nitrogen and oxygen atoms in total. The summed E-state index contributed by atoms with van der Waals surface area (Å²) in [6, 6.07) is 4.18. The molecule has 0 saturated carbocycles. The maximum atomic E-state index is 5.63. The number of nitrogens with two attached hydrogens (primary N) is 1. The second-order valence-corrected chi connectivity index (χ2v) is 4.83. The van der Waals surface area contributed by atoms with Crippen LogP contribution < -0.4 is 15.2 Å². The first-order chi connectivity index (χ1) is 9.26. The molecular formula is C16H27NO2. The van der Waals surface area contributed by atoms with E-state index in [1.54, 1.807) is 14.2 Å². The Morgan fingerprint density at radius 2 is 1.47 bits per heavy atom. The molecule has 0 aliphatic heterocycles. The van der Waals surface area contributed by atoms with Crippen LogP contribution in [0.25, 0.3) is 0 Å². The van der Waals surface area contributed by atoms with E-state index in [0.29, 0.717) is 6.54 Å². The second kappa shape index (κ2) is 8.81. The predicted octanol–water partition coefficient (Wildman–Crippen LogP) is 3.33. The second-order valence-electron chi connectivity index (χ2n) is 4.83. The summed E-state index contributed by atoms with van der Waals surface area (Å²) in [5, 5.41) is 0. The number of hydrogen-bond donors (Lipinski definition) is 1. The first-order valence-electron chi connectivity index (χ1n) is 7.20. The Balaban J connectivity index is 2.83. The molecule has 1 rings (SSSR count). The quantitative estimate of drug-likeness (QED) is 0.697. The van der Waals surface area contributed by atoms with Crippen molar-refractivity contribution in [3.05, 3.63) is 23.3 Å². The number of unbranched alkanes of at least 4 members (excludes halogenated alkanes) is 3. The lowest BCUT2D eigenvalue weighted by molar-refractivity contribution is 0.394. The molecule has 19 heavy (non-hydrogen) atoms. The highest BCUT2D eigenvalue weighted by atomic mass is 16.5. The molecule has 0 unspecified atom stereocenters. The van der Waals surface area contributed by atoms with Crippen molar-refractivity contribution in [2.75, 3.05) is 20.8 Å². The predicted molar refractivity (Wildman–Crippen MR) is 80.2 cm³/mol. The topological polar surface area (TPSA) is 44.5 Å². The fourth-order valence-electron chi connectivity index (χ4n) is 2.31. The SMILES string of the molecule is CCCCCCc1cc(OC)c(CCN)cc1OC. The lowest BCUT2D eigenvalue weighted by Gasteiger charge is -2.14. The average Bonchev–Trinajstić information content (AvgIpc) is 2.44. The highest BCUT2D eigenvalue weighted by Gasteiger charge is 2.10. The molecule has 1 aromatic carbocycles. The molecule has 0 aromatic heterocycles. The molecule has 0 aliphatic carbocycles.